The Labute approximate surface area is 128 Å². The summed E-state index contributed by atoms with van der Waals surface area (Å²) in [5.74, 6) is 1.16. The number of nitrogens with zero attached hydrogens (tertiary/aromatic N) is 1. The van der Waals surface area contributed by atoms with Crippen molar-refractivity contribution in [3.05, 3.63) is 0 Å². The maximum absolute atomic E-state index is 11.6. The zero-order valence-electron chi connectivity index (χ0n) is 12.9. The minimum atomic E-state index is 0.225. The fourth-order valence-corrected chi connectivity index (χ4v) is 4.10. The van der Waals surface area contributed by atoms with Crippen LogP contribution in [0.3, 0.4) is 0 Å². The van der Waals surface area contributed by atoms with Crippen LogP contribution < -0.4 is 5.32 Å². The number of carbonyl (C=O) groups is 1. The van der Waals surface area contributed by atoms with Gasteiger partial charge < -0.3 is 5.32 Å². The van der Waals surface area contributed by atoms with Gasteiger partial charge in [0.2, 0.25) is 5.91 Å². The molecular weight excluding hydrogens is 268 g/mol. The van der Waals surface area contributed by atoms with Crippen molar-refractivity contribution >= 4 is 17.7 Å². The summed E-state index contributed by atoms with van der Waals surface area (Å²) in [5, 5.41) is 3.10. The number of amides is 1. The second-order valence-electron chi connectivity index (χ2n) is 6.21. The first-order valence-electron chi connectivity index (χ1n) is 8.32. The zero-order valence-corrected chi connectivity index (χ0v) is 13.7. The second-order valence-corrected chi connectivity index (χ2v) is 7.19. The molecule has 1 saturated heterocycles. The predicted octanol–water partition coefficient (Wildman–Crippen LogP) is 3.04. The van der Waals surface area contributed by atoms with Crippen molar-refractivity contribution in [2.24, 2.45) is 0 Å². The molecule has 0 bridgehead atoms. The molecule has 1 amide bonds. The molecule has 116 valence electrons. The lowest BCUT2D eigenvalue weighted by Gasteiger charge is -2.40. The molecular formula is C16H30N2OS. The largest absolute Gasteiger partial charge is 0.356 e. The van der Waals surface area contributed by atoms with Gasteiger partial charge in [0.1, 0.15) is 0 Å². The molecule has 0 aromatic rings. The van der Waals surface area contributed by atoms with Crippen LogP contribution in [0.2, 0.25) is 0 Å². The van der Waals surface area contributed by atoms with Gasteiger partial charge in [0, 0.05) is 30.8 Å². The van der Waals surface area contributed by atoms with E-state index in [1.807, 2.05) is 0 Å². The number of hydrogen-bond acceptors (Lipinski definition) is 3. The highest BCUT2D eigenvalue weighted by Gasteiger charge is 2.30. The van der Waals surface area contributed by atoms with E-state index >= 15 is 0 Å². The molecule has 2 fully saturated rings. The van der Waals surface area contributed by atoms with Gasteiger partial charge in [0.15, 0.2) is 0 Å². The quantitative estimate of drug-likeness (QED) is 0.784. The van der Waals surface area contributed by atoms with Crippen molar-refractivity contribution in [2.75, 3.05) is 25.1 Å². The van der Waals surface area contributed by atoms with Gasteiger partial charge in [-0.05, 0) is 44.9 Å². The van der Waals surface area contributed by atoms with E-state index in [0.29, 0.717) is 12.5 Å². The molecule has 1 aliphatic heterocycles. The van der Waals surface area contributed by atoms with Crippen molar-refractivity contribution in [2.45, 2.75) is 69.9 Å². The summed E-state index contributed by atoms with van der Waals surface area (Å²) in [6, 6.07) is 1.56. The molecule has 1 atom stereocenters. The maximum atomic E-state index is 11.6. The number of nitrogens with one attached hydrogen (secondary N) is 1. The highest BCUT2D eigenvalue weighted by Crippen LogP contribution is 2.30. The van der Waals surface area contributed by atoms with Crippen LogP contribution in [0.15, 0.2) is 0 Å². The molecule has 3 nitrogen and oxygen atoms in total. The van der Waals surface area contributed by atoms with Gasteiger partial charge in [-0.2, -0.15) is 11.8 Å². The van der Waals surface area contributed by atoms with E-state index in [1.165, 1.54) is 51.5 Å². The molecule has 1 aliphatic carbocycles. The van der Waals surface area contributed by atoms with E-state index in [2.05, 4.69) is 16.5 Å². The first-order chi connectivity index (χ1) is 9.81. The van der Waals surface area contributed by atoms with Gasteiger partial charge in [-0.25, -0.2) is 0 Å². The number of rotatable bonds is 7. The van der Waals surface area contributed by atoms with E-state index in [-0.39, 0.29) is 5.91 Å². The first kappa shape index (κ1) is 16.2. The van der Waals surface area contributed by atoms with Crippen LogP contribution in [0.4, 0.5) is 0 Å². The third-order valence-electron chi connectivity index (χ3n) is 4.80. The van der Waals surface area contributed by atoms with E-state index in [4.69, 9.17) is 0 Å². The normalized spacial score (nSPS) is 24.9. The van der Waals surface area contributed by atoms with Crippen LogP contribution in [0.1, 0.15) is 57.8 Å². The first-order valence-corrected chi connectivity index (χ1v) is 9.72. The molecule has 1 N–H and O–H groups in total. The van der Waals surface area contributed by atoms with Gasteiger partial charge in [-0.15, -0.1) is 0 Å². The van der Waals surface area contributed by atoms with Gasteiger partial charge in [-0.1, -0.05) is 19.3 Å². The Morgan fingerprint density at radius 3 is 2.70 bits per heavy atom. The van der Waals surface area contributed by atoms with E-state index in [0.717, 1.165) is 24.8 Å². The Kier molecular flexibility index (Phi) is 7.22. The Bertz CT molecular complexity index is 292. The Hall–Kier alpha value is -0.220. The number of thioether (sulfide) groups is 1. The van der Waals surface area contributed by atoms with Crippen LogP contribution in [0.25, 0.3) is 0 Å². The summed E-state index contributed by atoms with van der Waals surface area (Å²) in [6.07, 6.45) is 13.6. The van der Waals surface area contributed by atoms with Crippen molar-refractivity contribution in [1.82, 2.24) is 10.2 Å². The molecule has 2 aliphatic rings. The summed E-state index contributed by atoms with van der Waals surface area (Å²) in [4.78, 5) is 14.4. The smallest absolute Gasteiger partial charge is 0.220 e. The summed E-state index contributed by atoms with van der Waals surface area (Å²) in [5.41, 5.74) is 0. The predicted molar refractivity (Wildman–Crippen MR) is 87.2 cm³/mol. The number of likely N-dealkylation sites (tertiary alicyclic amines) is 1. The monoisotopic (exact) mass is 298 g/mol. The molecule has 0 radical (unpaired) electrons. The van der Waals surface area contributed by atoms with Crippen LogP contribution in [-0.4, -0.2) is 48.0 Å². The van der Waals surface area contributed by atoms with Crippen LogP contribution >= 0.6 is 11.8 Å². The molecule has 1 heterocycles. The Morgan fingerprint density at radius 1 is 1.20 bits per heavy atom. The average molecular weight is 298 g/mol. The summed E-state index contributed by atoms with van der Waals surface area (Å²) in [7, 11) is 0. The number of hydrogen-bond donors (Lipinski definition) is 1. The number of carbonyl (C=O) groups excluding carboxylic acids is 1. The SMILES string of the molecule is CSCCC(=O)NCC[C@@H]1CCCCN1C1CCCC1. The van der Waals surface area contributed by atoms with E-state index in [9.17, 15) is 4.79 Å². The third-order valence-corrected chi connectivity index (χ3v) is 5.41. The molecule has 1 saturated carbocycles. The van der Waals surface area contributed by atoms with Crippen LogP contribution in [-0.2, 0) is 4.79 Å². The van der Waals surface area contributed by atoms with Crippen molar-refractivity contribution < 1.29 is 4.79 Å². The van der Waals surface area contributed by atoms with Crippen molar-refractivity contribution in [1.29, 1.82) is 0 Å². The van der Waals surface area contributed by atoms with Crippen molar-refractivity contribution in [3.63, 3.8) is 0 Å². The average Bonchev–Trinajstić information content (AvgIpc) is 2.99. The van der Waals surface area contributed by atoms with E-state index in [1.54, 1.807) is 11.8 Å². The van der Waals surface area contributed by atoms with Crippen molar-refractivity contribution in [3.8, 4) is 0 Å². The van der Waals surface area contributed by atoms with Crippen LogP contribution in [0, 0.1) is 0 Å². The molecule has 2 rings (SSSR count). The summed E-state index contributed by atoms with van der Waals surface area (Å²) < 4.78 is 0. The Balaban J connectivity index is 1.70. The summed E-state index contributed by atoms with van der Waals surface area (Å²) >= 11 is 1.74. The maximum Gasteiger partial charge on any atom is 0.220 e. The Morgan fingerprint density at radius 2 is 1.95 bits per heavy atom. The van der Waals surface area contributed by atoms with Crippen LogP contribution in [0.5, 0.6) is 0 Å². The third kappa shape index (κ3) is 4.96. The lowest BCUT2D eigenvalue weighted by molar-refractivity contribution is -0.120. The zero-order chi connectivity index (χ0) is 14.2. The van der Waals surface area contributed by atoms with Gasteiger partial charge in [0.25, 0.3) is 0 Å². The standard InChI is InChI=1S/C16H30N2OS/c1-20-13-10-16(19)17-11-9-15-8-4-5-12-18(15)14-6-2-3-7-14/h14-15H,2-13H2,1H3,(H,17,19)/t15-/m0/s1. The van der Waals surface area contributed by atoms with Gasteiger partial charge in [0.05, 0.1) is 0 Å². The molecule has 0 aromatic carbocycles. The fourth-order valence-electron chi connectivity index (χ4n) is 3.71. The van der Waals surface area contributed by atoms with Gasteiger partial charge in [-0.3, -0.25) is 9.69 Å². The summed E-state index contributed by atoms with van der Waals surface area (Å²) in [6.45, 7) is 2.15. The molecule has 4 heteroatoms. The highest BCUT2D eigenvalue weighted by atomic mass is 32.2. The molecule has 0 unspecified atom stereocenters. The minimum absolute atomic E-state index is 0.225. The topological polar surface area (TPSA) is 32.3 Å². The lowest BCUT2D eigenvalue weighted by atomic mass is 9.96. The molecule has 20 heavy (non-hydrogen) atoms. The fraction of sp³-hybridized carbons (Fsp3) is 0.938. The second kappa shape index (κ2) is 8.93. The molecule has 0 aromatic heterocycles. The lowest BCUT2D eigenvalue weighted by Crippen LogP contribution is -2.46. The highest BCUT2D eigenvalue weighted by molar-refractivity contribution is 7.98. The van der Waals surface area contributed by atoms with Gasteiger partial charge >= 0.3 is 0 Å². The molecule has 0 spiro atoms. The number of piperidine rings is 1. The minimum Gasteiger partial charge on any atom is -0.356 e. The van der Waals surface area contributed by atoms with E-state index < -0.39 is 0 Å².